The number of nitrogens with one attached hydrogen (secondary N) is 2. The maximum atomic E-state index is 12.8. The molecule has 2 aromatic carbocycles. The van der Waals surface area contributed by atoms with Crippen molar-refractivity contribution in [2.75, 3.05) is 11.9 Å². The topological polar surface area (TPSA) is 105 Å². The number of amidine groups is 1. The summed E-state index contributed by atoms with van der Waals surface area (Å²) in [4.78, 5) is 17.0. The van der Waals surface area contributed by atoms with Crippen molar-refractivity contribution in [1.82, 2.24) is 14.5 Å². The van der Waals surface area contributed by atoms with Gasteiger partial charge in [-0.05, 0) is 61.4 Å². The van der Waals surface area contributed by atoms with E-state index in [0.29, 0.717) is 30.1 Å². The Balaban J connectivity index is 1.46. The van der Waals surface area contributed by atoms with Crippen molar-refractivity contribution in [2.45, 2.75) is 30.6 Å². The molecule has 0 saturated carbocycles. The highest BCUT2D eigenvalue weighted by atomic mass is 32.2. The zero-order valence-corrected chi connectivity index (χ0v) is 17.7. The quantitative estimate of drug-likeness (QED) is 0.638. The monoisotopic (exact) mass is 437 g/mol. The number of aromatic nitrogens is 2. The molecule has 9 heteroatoms. The lowest BCUT2D eigenvalue weighted by atomic mass is 10.2. The molecule has 0 saturated heterocycles. The van der Waals surface area contributed by atoms with Gasteiger partial charge in [0, 0.05) is 36.6 Å². The van der Waals surface area contributed by atoms with Gasteiger partial charge in [0.2, 0.25) is 0 Å². The molecule has 1 aliphatic heterocycles. The number of aliphatic imine (C=N–C) groups is 1. The van der Waals surface area contributed by atoms with Crippen LogP contribution in [0.1, 0.15) is 36.0 Å². The van der Waals surface area contributed by atoms with Gasteiger partial charge in [-0.15, -0.1) is 0 Å². The number of rotatable bonds is 5. The first kappa shape index (κ1) is 20.8. The first-order valence-corrected chi connectivity index (χ1v) is 11.6. The molecule has 0 aliphatic carbocycles. The van der Waals surface area contributed by atoms with E-state index in [4.69, 9.17) is 0 Å². The lowest BCUT2D eigenvalue weighted by molar-refractivity contribution is 0.102. The van der Waals surface area contributed by atoms with Crippen LogP contribution in [0.15, 0.2) is 76.9 Å². The van der Waals surface area contributed by atoms with Crippen LogP contribution in [0.2, 0.25) is 0 Å². The summed E-state index contributed by atoms with van der Waals surface area (Å²) in [6.07, 6.45) is 7.03. The SMILES string of the molecule is O=C(Nc1cccc(S(=O)(=O)NC2=NCCCCC2)c1)c1ccc(-n2cccn2)cc1. The standard InChI is InChI=1S/C22H23N5O3S/c28-22(17-9-11-19(12-10-17)27-15-5-14-24-27)25-18-6-4-7-20(16-18)31(29,30)26-21-8-2-1-3-13-23-21/h4-7,9-12,14-16H,1-3,8,13H2,(H,23,26)(H,25,28). The minimum Gasteiger partial charge on any atom is -0.322 e. The van der Waals surface area contributed by atoms with Crippen molar-refractivity contribution < 1.29 is 13.2 Å². The van der Waals surface area contributed by atoms with Crippen LogP contribution in [-0.4, -0.2) is 36.5 Å². The Hall–Kier alpha value is -3.46. The van der Waals surface area contributed by atoms with E-state index < -0.39 is 10.0 Å². The Bertz CT molecular complexity index is 1190. The summed E-state index contributed by atoms with van der Waals surface area (Å²) >= 11 is 0. The predicted molar refractivity (Wildman–Crippen MR) is 119 cm³/mol. The predicted octanol–water partition coefficient (Wildman–Crippen LogP) is 3.38. The number of hydrogen-bond donors (Lipinski definition) is 2. The lowest BCUT2D eigenvalue weighted by Crippen LogP contribution is -2.30. The van der Waals surface area contributed by atoms with Crippen molar-refractivity contribution in [2.24, 2.45) is 4.99 Å². The van der Waals surface area contributed by atoms with Gasteiger partial charge in [0.15, 0.2) is 0 Å². The lowest BCUT2D eigenvalue weighted by Gasteiger charge is -2.11. The molecule has 0 spiro atoms. The highest BCUT2D eigenvalue weighted by molar-refractivity contribution is 7.90. The van der Waals surface area contributed by atoms with E-state index in [9.17, 15) is 13.2 Å². The van der Waals surface area contributed by atoms with Crippen molar-refractivity contribution in [1.29, 1.82) is 0 Å². The maximum Gasteiger partial charge on any atom is 0.262 e. The smallest absolute Gasteiger partial charge is 0.262 e. The number of hydrogen-bond acceptors (Lipinski definition) is 5. The number of amides is 1. The summed E-state index contributed by atoms with van der Waals surface area (Å²) in [7, 11) is -3.77. The number of carbonyl (C=O) groups is 1. The third-order valence-electron chi connectivity index (χ3n) is 4.93. The van der Waals surface area contributed by atoms with Crippen molar-refractivity contribution in [3.05, 3.63) is 72.6 Å². The average Bonchev–Trinajstić information content (AvgIpc) is 3.20. The Morgan fingerprint density at radius 1 is 1.00 bits per heavy atom. The fourth-order valence-electron chi connectivity index (χ4n) is 3.30. The molecular weight excluding hydrogens is 414 g/mol. The van der Waals surface area contributed by atoms with E-state index in [-0.39, 0.29) is 10.8 Å². The van der Waals surface area contributed by atoms with Crippen molar-refractivity contribution >= 4 is 27.5 Å². The Kier molecular flexibility index (Phi) is 6.13. The summed E-state index contributed by atoms with van der Waals surface area (Å²) in [5.41, 5.74) is 1.68. The van der Waals surface area contributed by atoms with Crippen molar-refractivity contribution in [3.8, 4) is 5.69 Å². The molecule has 0 bridgehead atoms. The summed E-state index contributed by atoms with van der Waals surface area (Å²) in [6, 6.07) is 15.0. The first-order chi connectivity index (χ1) is 15.0. The molecular formula is C22H23N5O3S. The third kappa shape index (κ3) is 5.18. The number of sulfonamides is 1. The minimum atomic E-state index is -3.77. The van der Waals surface area contributed by atoms with Gasteiger partial charge in [-0.25, -0.2) is 13.1 Å². The molecule has 1 amide bonds. The van der Waals surface area contributed by atoms with E-state index in [2.05, 4.69) is 20.1 Å². The number of benzene rings is 2. The van der Waals surface area contributed by atoms with E-state index in [1.165, 1.54) is 12.1 Å². The number of nitrogens with zero attached hydrogens (tertiary/aromatic N) is 3. The summed E-state index contributed by atoms with van der Waals surface area (Å²) in [5, 5.41) is 6.91. The number of anilines is 1. The first-order valence-electron chi connectivity index (χ1n) is 10.1. The molecule has 4 rings (SSSR count). The Labute approximate surface area is 181 Å². The van der Waals surface area contributed by atoms with Crippen LogP contribution in [0, 0.1) is 0 Å². The van der Waals surface area contributed by atoms with Crippen LogP contribution < -0.4 is 10.0 Å². The average molecular weight is 438 g/mol. The molecule has 1 aliphatic rings. The van der Waals surface area contributed by atoms with E-state index in [0.717, 1.165) is 24.9 Å². The van der Waals surface area contributed by atoms with E-state index >= 15 is 0 Å². The normalized spacial score (nSPS) is 14.4. The Morgan fingerprint density at radius 2 is 1.84 bits per heavy atom. The van der Waals surface area contributed by atoms with Gasteiger partial charge < -0.3 is 5.32 Å². The molecule has 31 heavy (non-hydrogen) atoms. The highest BCUT2D eigenvalue weighted by Gasteiger charge is 2.18. The highest BCUT2D eigenvalue weighted by Crippen LogP contribution is 2.18. The van der Waals surface area contributed by atoms with Gasteiger partial charge in [0.05, 0.1) is 10.6 Å². The molecule has 0 unspecified atom stereocenters. The largest absolute Gasteiger partial charge is 0.322 e. The molecule has 0 atom stereocenters. The summed E-state index contributed by atoms with van der Waals surface area (Å²) in [6.45, 7) is 0.632. The van der Waals surface area contributed by atoms with Crippen LogP contribution >= 0.6 is 0 Å². The van der Waals surface area contributed by atoms with Crippen LogP contribution in [0.3, 0.4) is 0 Å². The van der Waals surface area contributed by atoms with E-state index in [1.54, 1.807) is 47.3 Å². The summed E-state index contributed by atoms with van der Waals surface area (Å²) in [5.74, 6) is 0.159. The Morgan fingerprint density at radius 3 is 2.61 bits per heavy atom. The molecule has 2 heterocycles. The molecule has 160 valence electrons. The second-order valence-corrected chi connectivity index (χ2v) is 8.91. The fraction of sp³-hybridized carbons (Fsp3) is 0.227. The van der Waals surface area contributed by atoms with Crippen LogP contribution in [0.25, 0.3) is 5.69 Å². The van der Waals surface area contributed by atoms with E-state index in [1.807, 2.05) is 12.3 Å². The molecule has 0 radical (unpaired) electrons. The van der Waals surface area contributed by atoms with Gasteiger partial charge in [-0.1, -0.05) is 12.5 Å². The third-order valence-corrected chi connectivity index (χ3v) is 6.31. The second kappa shape index (κ2) is 9.13. The van der Waals surface area contributed by atoms with Gasteiger partial charge in [-0.3, -0.25) is 14.5 Å². The molecule has 1 aromatic heterocycles. The van der Waals surface area contributed by atoms with Gasteiger partial charge in [0.1, 0.15) is 5.84 Å². The minimum absolute atomic E-state index is 0.0753. The zero-order valence-electron chi connectivity index (χ0n) is 16.9. The second-order valence-electron chi connectivity index (χ2n) is 7.22. The van der Waals surface area contributed by atoms with Crippen LogP contribution in [0.5, 0.6) is 0 Å². The summed E-state index contributed by atoms with van der Waals surface area (Å²) < 4.78 is 29.8. The number of carbonyl (C=O) groups excluding carboxylic acids is 1. The fourth-order valence-corrected chi connectivity index (χ4v) is 4.44. The zero-order chi connectivity index (χ0) is 21.7. The molecule has 2 N–H and O–H groups in total. The maximum absolute atomic E-state index is 12.8. The van der Waals surface area contributed by atoms with Crippen molar-refractivity contribution in [3.63, 3.8) is 0 Å². The van der Waals surface area contributed by atoms with Gasteiger partial charge >= 0.3 is 0 Å². The van der Waals surface area contributed by atoms with Gasteiger partial charge in [0.25, 0.3) is 15.9 Å². The van der Waals surface area contributed by atoms with Crippen LogP contribution in [-0.2, 0) is 10.0 Å². The molecule has 0 fully saturated rings. The van der Waals surface area contributed by atoms with Gasteiger partial charge in [-0.2, -0.15) is 5.10 Å². The molecule has 3 aromatic rings. The molecule has 8 nitrogen and oxygen atoms in total. The van der Waals surface area contributed by atoms with Crippen LogP contribution in [0.4, 0.5) is 5.69 Å².